The first-order chi connectivity index (χ1) is 5.57. The van der Waals surface area contributed by atoms with Crippen LogP contribution in [0.25, 0.3) is 0 Å². The number of rotatable bonds is 1. The molecule has 0 aromatic rings. The summed E-state index contributed by atoms with van der Waals surface area (Å²) in [6.45, 7) is 3.69. The zero-order chi connectivity index (χ0) is 10.7. The van der Waals surface area contributed by atoms with Gasteiger partial charge in [-0.2, -0.15) is 8.78 Å². The van der Waals surface area contributed by atoms with Crippen LogP contribution in [0.3, 0.4) is 0 Å². The molecule has 1 aliphatic rings. The predicted molar refractivity (Wildman–Crippen MR) is 41.4 cm³/mol. The SMILES string of the molecule is C[Si](C)(C)C1(F)C(F)=C(F)C1(F)F. The Bertz CT molecular complexity index is 277. The van der Waals surface area contributed by atoms with E-state index in [9.17, 15) is 22.0 Å². The maximum absolute atomic E-state index is 13.5. The molecular weight excluding hydrogens is 207 g/mol. The average Bonchev–Trinajstić information content (AvgIpc) is 1.98. The fourth-order valence-electron chi connectivity index (χ4n) is 1.32. The highest BCUT2D eigenvalue weighted by molar-refractivity contribution is 6.80. The molecule has 0 heterocycles. The van der Waals surface area contributed by atoms with Crippen molar-refractivity contribution in [3.8, 4) is 0 Å². The molecule has 0 N–H and O–H groups in total. The maximum Gasteiger partial charge on any atom is 0.337 e. The zero-order valence-corrected chi connectivity index (χ0v) is 8.39. The van der Waals surface area contributed by atoms with E-state index in [1.54, 1.807) is 0 Å². The van der Waals surface area contributed by atoms with Gasteiger partial charge in [0.2, 0.25) is 11.1 Å². The van der Waals surface area contributed by atoms with Crippen LogP contribution >= 0.6 is 0 Å². The van der Waals surface area contributed by atoms with Crippen molar-refractivity contribution in [1.29, 1.82) is 0 Å². The highest BCUT2D eigenvalue weighted by atomic mass is 28.3. The summed E-state index contributed by atoms with van der Waals surface area (Å²) >= 11 is 0. The second-order valence-corrected chi connectivity index (χ2v) is 9.30. The van der Waals surface area contributed by atoms with Crippen LogP contribution in [-0.4, -0.2) is 19.3 Å². The normalized spacial score (nSPS) is 33.2. The first-order valence-corrected chi connectivity index (χ1v) is 7.19. The monoisotopic (exact) mass is 216 g/mol. The third-order valence-electron chi connectivity index (χ3n) is 2.24. The van der Waals surface area contributed by atoms with Gasteiger partial charge in [-0.15, -0.1) is 0 Å². The van der Waals surface area contributed by atoms with E-state index in [0.717, 1.165) is 0 Å². The fourth-order valence-corrected chi connectivity index (χ4v) is 3.14. The van der Waals surface area contributed by atoms with E-state index in [1.165, 1.54) is 19.6 Å². The van der Waals surface area contributed by atoms with Crippen molar-refractivity contribution < 1.29 is 22.0 Å². The van der Waals surface area contributed by atoms with Crippen LogP contribution in [-0.2, 0) is 0 Å². The van der Waals surface area contributed by atoms with Gasteiger partial charge in [0.05, 0.1) is 0 Å². The first kappa shape index (κ1) is 10.7. The Hall–Kier alpha value is -0.393. The number of hydrogen-bond donors (Lipinski definition) is 0. The summed E-state index contributed by atoms with van der Waals surface area (Å²) in [5, 5.41) is -3.37. The quantitative estimate of drug-likeness (QED) is 0.465. The van der Waals surface area contributed by atoms with E-state index >= 15 is 0 Å². The van der Waals surface area contributed by atoms with E-state index in [2.05, 4.69) is 0 Å². The van der Waals surface area contributed by atoms with Gasteiger partial charge >= 0.3 is 5.92 Å². The van der Waals surface area contributed by atoms with Crippen molar-refractivity contribution in [1.82, 2.24) is 0 Å². The van der Waals surface area contributed by atoms with Crippen LogP contribution in [0.5, 0.6) is 0 Å². The molecule has 0 saturated heterocycles. The summed E-state index contributed by atoms with van der Waals surface area (Å²) < 4.78 is 63.8. The predicted octanol–water partition coefficient (Wildman–Crippen LogP) is 3.37. The molecular formula is C7H9F5Si. The van der Waals surface area contributed by atoms with E-state index in [0.29, 0.717) is 0 Å². The lowest BCUT2D eigenvalue weighted by Gasteiger charge is -2.46. The molecule has 0 spiro atoms. The van der Waals surface area contributed by atoms with Crippen molar-refractivity contribution in [3.05, 3.63) is 11.7 Å². The Kier molecular flexibility index (Phi) is 1.93. The van der Waals surface area contributed by atoms with Crippen LogP contribution in [0, 0.1) is 0 Å². The maximum atomic E-state index is 13.5. The van der Waals surface area contributed by atoms with Gasteiger partial charge in [0.1, 0.15) is 8.07 Å². The molecule has 1 aliphatic carbocycles. The lowest BCUT2D eigenvalue weighted by Crippen LogP contribution is -2.67. The lowest BCUT2D eigenvalue weighted by molar-refractivity contribution is -0.114. The number of hydrogen-bond acceptors (Lipinski definition) is 0. The molecule has 76 valence electrons. The molecule has 0 amide bonds. The van der Waals surface area contributed by atoms with Gasteiger partial charge in [-0.05, 0) is 0 Å². The van der Waals surface area contributed by atoms with Gasteiger partial charge in [-0.25, -0.2) is 13.2 Å². The molecule has 0 saturated carbocycles. The molecule has 1 unspecified atom stereocenters. The van der Waals surface area contributed by atoms with E-state index in [1.807, 2.05) is 0 Å². The van der Waals surface area contributed by atoms with Crippen LogP contribution in [0.4, 0.5) is 22.0 Å². The van der Waals surface area contributed by atoms with Gasteiger partial charge < -0.3 is 0 Å². The standard InChI is InChI=1S/C7H9F5Si/c1-13(2,3)7(12)5(9)4(8)6(7,10)11/h1-3H3. The Morgan fingerprint density at radius 2 is 1.31 bits per heavy atom. The van der Waals surface area contributed by atoms with Gasteiger partial charge in [0.15, 0.2) is 5.83 Å². The van der Waals surface area contributed by atoms with E-state index < -0.39 is 30.9 Å². The summed E-state index contributed by atoms with van der Waals surface area (Å²) in [7, 11) is -3.13. The van der Waals surface area contributed by atoms with Crippen LogP contribution in [0.15, 0.2) is 11.7 Å². The van der Waals surface area contributed by atoms with Crippen LogP contribution in [0.2, 0.25) is 19.6 Å². The van der Waals surface area contributed by atoms with Crippen LogP contribution in [0.1, 0.15) is 0 Å². The van der Waals surface area contributed by atoms with Crippen molar-refractivity contribution in [3.63, 3.8) is 0 Å². The van der Waals surface area contributed by atoms with Crippen molar-refractivity contribution >= 4 is 8.07 Å². The molecule has 1 rings (SSSR count). The number of halogens is 5. The Balaban J connectivity index is 3.25. The third kappa shape index (κ3) is 0.948. The second-order valence-electron chi connectivity index (χ2n) is 4.11. The lowest BCUT2D eigenvalue weighted by atomic mass is 9.99. The Morgan fingerprint density at radius 1 is 0.923 bits per heavy atom. The molecule has 0 aromatic carbocycles. The summed E-state index contributed by atoms with van der Waals surface area (Å²) in [4.78, 5) is 0. The molecule has 6 heteroatoms. The van der Waals surface area contributed by atoms with Crippen molar-refractivity contribution in [2.45, 2.75) is 30.9 Å². The Morgan fingerprint density at radius 3 is 1.46 bits per heavy atom. The van der Waals surface area contributed by atoms with Crippen LogP contribution < -0.4 is 0 Å². The van der Waals surface area contributed by atoms with Gasteiger partial charge in [0, 0.05) is 0 Å². The number of allylic oxidation sites excluding steroid dienone is 2. The molecule has 0 nitrogen and oxygen atoms in total. The van der Waals surface area contributed by atoms with E-state index in [4.69, 9.17) is 0 Å². The molecule has 0 bridgehead atoms. The minimum atomic E-state index is -4.28. The average molecular weight is 216 g/mol. The van der Waals surface area contributed by atoms with Crippen molar-refractivity contribution in [2.24, 2.45) is 0 Å². The van der Waals surface area contributed by atoms with Gasteiger partial charge in [0.25, 0.3) is 0 Å². The van der Waals surface area contributed by atoms with Gasteiger partial charge in [-0.3, -0.25) is 0 Å². The Labute approximate surface area is 73.4 Å². The van der Waals surface area contributed by atoms with Gasteiger partial charge in [-0.1, -0.05) is 19.6 Å². The van der Waals surface area contributed by atoms with E-state index in [-0.39, 0.29) is 0 Å². The molecule has 0 fully saturated rings. The molecule has 1 atom stereocenters. The molecule has 0 aliphatic heterocycles. The smallest absolute Gasteiger partial charge is 0.233 e. The summed E-state index contributed by atoms with van der Waals surface area (Å²) in [6.07, 6.45) is 0. The molecule has 0 radical (unpaired) electrons. The largest absolute Gasteiger partial charge is 0.337 e. The summed E-state index contributed by atoms with van der Waals surface area (Å²) in [5.74, 6) is -8.45. The first-order valence-electron chi connectivity index (χ1n) is 3.69. The highest BCUT2D eigenvalue weighted by Crippen LogP contribution is 2.59. The van der Waals surface area contributed by atoms with Crippen molar-refractivity contribution in [2.75, 3.05) is 0 Å². The minimum Gasteiger partial charge on any atom is -0.233 e. The number of alkyl halides is 3. The second kappa shape index (κ2) is 2.34. The summed E-state index contributed by atoms with van der Waals surface area (Å²) in [6, 6.07) is 0. The fraction of sp³-hybridized carbons (Fsp3) is 0.714. The minimum absolute atomic E-state index is 1.23. The zero-order valence-electron chi connectivity index (χ0n) is 7.39. The topological polar surface area (TPSA) is 0 Å². The highest BCUT2D eigenvalue weighted by Gasteiger charge is 2.76. The molecule has 13 heavy (non-hydrogen) atoms. The molecule has 0 aromatic heterocycles. The summed E-state index contributed by atoms with van der Waals surface area (Å²) in [5.41, 5.74) is 0. The third-order valence-corrected chi connectivity index (χ3v) is 4.84.